The van der Waals surface area contributed by atoms with Crippen molar-refractivity contribution in [2.75, 3.05) is 0 Å². The second-order valence-electron chi connectivity index (χ2n) is 6.50. The molecule has 118 valence electrons. The molecule has 0 bridgehead atoms. The first-order chi connectivity index (χ1) is 10.5. The van der Waals surface area contributed by atoms with E-state index in [1.165, 1.54) is 5.56 Å². The Hall–Kier alpha value is -1.81. The third-order valence-corrected chi connectivity index (χ3v) is 4.83. The third-order valence-electron chi connectivity index (χ3n) is 4.83. The second-order valence-corrected chi connectivity index (χ2v) is 6.50. The molecule has 1 aliphatic carbocycles. The fourth-order valence-electron chi connectivity index (χ4n) is 3.24. The fraction of sp³-hybridized carbons (Fsp3) is 0.500. The molecule has 3 rings (SSSR count). The molecule has 4 heteroatoms. The number of nitrogens with two attached hydrogens (primary N) is 1. The maximum Gasteiger partial charge on any atom is 0.224 e. The van der Waals surface area contributed by atoms with E-state index in [0.29, 0.717) is 12.5 Å². The van der Waals surface area contributed by atoms with Crippen molar-refractivity contribution < 1.29 is 9.21 Å². The Morgan fingerprint density at radius 2 is 2.00 bits per heavy atom. The van der Waals surface area contributed by atoms with Crippen LogP contribution in [0, 0.1) is 13.8 Å². The van der Waals surface area contributed by atoms with Gasteiger partial charge in [0.15, 0.2) is 0 Å². The van der Waals surface area contributed by atoms with Crippen molar-refractivity contribution in [1.82, 2.24) is 5.32 Å². The Labute approximate surface area is 131 Å². The molecule has 1 aromatic heterocycles. The molecule has 1 aliphatic rings. The van der Waals surface area contributed by atoms with Crippen LogP contribution in [0.2, 0.25) is 0 Å². The smallest absolute Gasteiger partial charge is 0.224 e. The zero-order valence-electron chi connectivity index (χ0n) is 13.3. The predicted octanol–water partition coefficient (Wildman–Crippen LogP) is 2.98. The van der Waals surface area contributed by atoms with Gasteiger partial charge in [0, 0.05) is 23.0 Å². The van der Waals surface area contributed by atoms with E-state index >= 15 is 0 Å². The maximum absolute atomic E-state index is 12.3. The van der Waals surface area contributed by atoms with Crippen molar-refractivity contribution in [2.24, 2.45) is 5.73 Å². The van der Waals surface area contributed by atoms with Crippen LogP contribution in [0.25, 0.3) is 11.0 Å². The molecule has 1 aromatic carbocycles. The van der Waals surface area contributed by atoms with Crippen LogP contribution in [-0.2, 0) is 11.2 Å². The Morgan fingerprint density at radius 1 is 1.27 bits per heavy atom. The molecule has 1 fully saturated rings. The highest BCUT2D eigenvalue weighted by molar-refractivity contribution is 5.89. The van der Waals surface area contributed by atoms with E-state index in [9.17, 15) is 4.79 Å². The van der Waals surface area contributed by atoms with Crippen LogP contribution in [0.15, 0.2) is 22.8 Å². The number of furan rings is 1. The van der Waals surface area contributed by atoms with Gasteiger partial charge in [-0.25, -0.2) is 0 Å². The summed E-state index contributed by atoms with van der Waals surface area (Å²) < 4.78 is 5.67. The summed E-state index contributed by atoms with van der Waals surface area (Å²) in [6.45, 7) is 4.12. The lowest BCUT2D eigenvalue weighted by Crippen LogP contribution is -2.41. The molecule has 1 amide bonds. The number of aryl methyl sites for hydroxylation is 2. The van der Waals surface area contributed by atoms with Crippen molar-refractivity contribution in [3.05, 3.63) is 35.1 Å². The van der Waals surface area contributed by atoms with Crippen molar-refractivity contribution in [2.45, 2.75) is 58.0 Å². The molecule has 3 N–H and O–H groups in total. The standard InChI is InChI=1S/C18H24N2O2/c1-11-3-8-16-13(10-22-18(16)12(11)2)9-17(21)20-15-6-4-14(19)5-7-15/h3,8,10,14-15H,4-7,9,19H2,1-2H3,(H,20,21). The van der Waals surface area contributed by atoms with Gasteiger partial charge in [-0.2, -0.15) is 0 Å². The summed E-state index contributed by atoms with van der Waals surface area (Å²) in [6, 6.07) is 4.70. The summed E-state index contributed by atoms with van der Waals surface area (Å²) in [5.41, 5.74) is 10.1. The molecular weight excluding hydrogens is 276 g/mol. The Kier molecular flexibility index (Phi) is 4.21. The van der Waals surface area contributed by atoms with E-state index in [0.717, 1.165) is 47.8 Å². The zero-order valence-corrected chi connectivity index (χ0v) is 13.3. The minimum atomic E-state index is 0.0707. The zero-order chi connectivity index (χ0) is 15.7. The predicted molar refractivity (Wildman–Crippen MR) is 87.8 cm³/mol. The number of amides is 1. The molecular formula is C18H24N2O2. The minimum absolute atomic E-state index is 0.0707. The average molecular weight is 300 g/mol. The first-order valence-corrected chi connectivity index (χ1v) is 8.06. The van der Waals surface area contributed by atoms with Gasteiger partial charge in [-0.3, -0.25) is 4.79 Å². The quantitative estimate of drug-likeness (QED) is 0.915. The Bertz CT molecular complexity index is 682. The summed E-state index contributed by atoms with van der Waals surface area (Å²) in [5.74, 6) is 0.0707. The molecule has 1 heterocycles. The second kappa shape index (κ2) is 6.13. The first-order valence-electron chi connectivity index (χ1n) is 8.06. The van der Waals surface area contributed by atoms with E-state index in [2.05, 4.69) is 25.2 Å². The van der Waals surface area contributed by atoms with Crippen LogP contribution in [0.4, 0.5) is 0 Å². The van der Waals surface area contributed by atoms with Gasteiger partial charge in [0.1, 0.15) is 5.58 Å². The number of hydrogen-bond donors (Lipinski definition) is 2. The number of carbonyl (C=O) groups excluding carboxylic acids is 1. The Balaban J connectivity index is 1.68. The number of hydrogen-bond acceptors (Lipinski definition) is 3. The van der Waals surface area contributed by atoms with Crippen LogP contribution in [-0.4, -0.2) is 18.0 Å². The van der Waals surface area contributed by atoms with Crippen molar-refractivity contribution in [3.63, 3.8) is 0 Å². The molecule has 0 atom stereocenters. The molecule has 22 heavy (non-hydrogen) atoms. The van der Waals surface area contributed by atoms with Crippen LogP contribution in [0.3, 0.4) is 0 Å². The maximum atomic E-state index is 12.3. The molecule has 4 nitrogen and oxygen atoms in total. The topological polar surface area (TPSA) is 68.3 Å². The van der Waals surface area contributed by atoms with Crippen LogP contribution < -0.4 is 11.1 Å². The normalized spacial score (nSPS) is 22.0. The summed E-state index contributed by atoms with van der Waals surface area (Å²) >= 11 is 0. The highest BCUT2D eigenvalue weighted by Crippen LogP contribution is 2.27. The number of nitrogens with one attached hydrogen (secondary N) is 1. The van der Waals surface area contributed by atoms with Crippen LogP contribution >= 0.6 is 0 Å². The van der Waals surface area contributed by atoms with Crippen molar-refractivity contribution >= 4 is 16.9 Å². The van der Waals surface area contributed by atoms with E-state index in [4.69, 9.17) is 10.2 Å². The average Bonchev–Trinajstić information content (AvgIpc) is 2.89. The van der Waals surface area contributed by atoms with E-state index < -0.39 is 0 Å². The lowest BCUT2D eigenvalue weighted by molar-refractivity contribution is -0.121. The largest absolute Gasteiger partial charge is 0.464 e. The van der Waals surface area contributed by atoms with Gasteiger partial charge in [-0.05, 0) is 50.7 Å². The molecule has 0 radical (unpaired) electrons. The molecule has 0 spiro atoms. The summed E-state index contributed by atoms with van der Waals surface area (Å²) in [7, 11) is 0. The third kappa shape index (κ3) is 3.02. The van der Waals surface area contributed by atoms with Crippen molar-refractivity contribution in [1.29, 1.82) is 0 Å². The van der Waals surface area contributed by atoms with E-state index in [1.54, 1.807) is 6.26 Å². The molecule has 2 aromatic rings. The van der Waals surface area contributed by atoms with Gasteiger partial charge in [-0.15, -0.1) is 0 Å². The SMILES string of the molecule is Cc1ccc2c(CC(=O)NC3CCC(N)CC3)coc2c1C. The molecule has 1 saturated carbocycles. The van der Waals surface area contributed by atoms with E-state index in [1.807, 2.05) is 6.07 Å². The molecule has 0 aliphatic heterocycles. The van der Waals surface area contributed by atoms with Crippen molar-refractivity contribution in [3.8, 4) is 0 Å². The van der Waals surface area contributed by atoms with Gasteiger partial charge in [0.25, 0.3) is 0 Å². The first kappa shape index (κ1) is 15.1. The monoisotopic (exact) mass is 300 g/mol. The minimum Gasteiger partial charge on any atom is -0.464 e. The van der Waals surface area contributed by atoms with Crippen LogP contribution in [0.1, 0.15) is 42.4 Å². The summed E-state index contributed by atoms with van der Waals surface area (Å²) in [4.78, 5) is 12.3. The Morgan fingerprint density at radius 3 is 2.73 bits per heavy atom. The number of benzene rings is 1. The highest BCUT2D eigenvalue weighted by Gasteiger charge is 2.21. The van der Waals surface area contributed by atoms with Gasteiger partial charge in [0.2, 0.25) is 5.91 Å². The van der Waals surface area contributed by atoms with E-state index in [-0.39, 0.29) is 11.9 Å². The van der Waals surface area contributed by atoms with Gasteiger partial charge in [-0.1, -0.05) is 12.1 Å². The number of rotatable bonds is 3. The fourth-order valence-corrected chi connectivity index (χ4v) is 3.24. The van der Waals surface area contributed by atoms with Gasteiger partial charge < -0.3 is 15.5 Å². The lowest BCUT2D eigenvalue weighted by atomic mass is 9.91. The lowest BCUT2D eigenvalue weighted by Gasteiger charge is -2.26. The van der Waals surface area contributed by atoms with Crippen LogP contribution in [0.5, 0.6) is 0 Å². The highest BCUT2D eigenvalue weighted by atomic mass is 16.3. The summed E-state index contributed by atoms with van der Waals surface area (Å²) in [5, 5.41) is 4.18. The summed E-state index contributed by atoms with van der Waals surface area (Å²) in [6.07, 6.45) is 6.05. The molecule has 0 saturated heterocycles. The van der Waals surface area contributed by atoms with Gasteiger partial charge >= 0.3 is 0 Å². The van der Waals surface area contributed by atoms with Gasteiger partial charge in [0.05, 0.1) is 12.7 Å². The number of carbonyl (C=O) groups is 1. The number of fused-ring (bicyclic) bond motifs is 1. The molecule has 0 unspecified atom stereocenters.